The van der Waals surface area contributed by atoms with Crippen LogP contribution in [0.5, 0.6) is 0 Å². The van der Waals surface area contributed by atoms with Crippen LogP contribution in [-0.4, -0.2) is 16.2 Å². The van der Waals surface area contributed by atoms with Gasteiger partial charge in [-0.1, -0.05) is 28.9 Å². The minimum Gasteiger partial charge on any atom is -0.475 e. The number of hydrogen-bond donors (Lipinski definition) is 1. The number of carboxylic acids is 1. The maximum absolute atomic E-state index is 13.5. The van der Waals surface area contributed by atoms with E-state index in [0.29, 0.717) is 5.56 Å². The van der Waals surface area contributed by atoms with Crippen molar-refractivity contribution in [2.75, 3.05) is 0 Å². The standard InChI is InChI=1S/C12H9ClFNO3/c1-6(14)11-7(3-2-4-8(11)13)9-5-10(12(16)17)18-15-9/h2-6H,1H3,(H,16,17). The van der Waals surface area contributed by atoms with Gasteiger partial charge in [0.15, 0.2) is 0 Å². The normalized spacial score (nSPS) is 12.4. The van der Waals surface area contributed by atoms with E-state index in [4.69, 9.17) is 16.7 Å². The lowest BCUT2D eigenvalue weighted by molar-refractivity contribution is 0.0652. The van der Waals surface area contributed by atoms with Crippen molar-refractivity contribution in [3.63, 3.8) is 0 Å². The average Bonchev–Trinajstić information content (AvgIpc) is 2.77. The molecule has 1 atom stereocenters. The van der Waals surface area contributed by atoms with Gasteiger partial charge in [0, 0.05) is 22.2 Å². The number of carbonyl (C=O) groups is 1. The Morgan fingerprint density at radius 1 is 1.56 bits per heavy atom. The molecule has 0 aliphatic heterocycles. The number of nitrogens with zero attached hydrogens (tertiary/aromatic N) is 1. The second-order valence-corrected chi connectivity index (χ2v) is 4.11. The molecule has 0 aliphatic carbocycles. The molecule has 18 heavy (non-hydrogen) atoms. The van der Waals surface area contributed by atoms with Crippen LogP contribution in [0.25, 0.3) is 11.3 Å². The molecule has 0 fully saturated rings. The molecule has 94 valence electrons. The summed E-state index contributed by atoms with van der Waals surface area (Å²) in [5.74, 6) is -1.53. The second kappa shape index (κ2) is 4.78. The van der Waals surface area contributed by atoms with E-state index in [-0.39, 0.29) is 22.0 Å². The molecule has 0 saturated heterocycles. The quantitative estimate of drug-likeness (QED) is 0.922. The van der Waals surface area contributed by atoms with Crippen LogP contribution in [0, 0.1) is 0 Å². The second-order valence-electron chi connectivity index (χ2n) is 3.70. The van der Waals surface area contributed by atoms with Gasteiger partial charge in [-0.25, -0.2) is 9.18 Å². The van der Waals surface area contributed by atoms with E-state index in [1.54, 1.807) is 18.2 Å². The van der Waals surface area contributed by atoms with Gasteiger partial charge < -0.3 is 9.63 Å². The van der Waals surface area contributed by atoms with Gasteiger partial charge in [-0.05, 0) is 13.0 Å². The summed E-state index contributed by atoms with van der Waals surface area (Å²) in [6, 6.07) is 6.05. The lowest BCUT2D eigenvalue weighted by Gasteiger charge is -2.09. The molecule has 2 aromatic rings. The van der Waals surface area contributed by atoms with Gasteiger partial charge in [-0.2, -0.15) is 0 Å². The number of halogens is 2. The molecule has 0 bridgehead atoms. The lowest BCUT2D eigenvalue weighted by Crippen LogP contribution is -1.93. The van der Waals surface area contributed by atoms with Crippen molar-refractivity contribution in [1.29, 1.82) is 0 Å². The van der Waals surface area contributed by atoms with Crippen molar-refractivity contribution in [2.24, 2.45) is 0 Å². The Hall–Kier alpha value is -1.88. The van der Waals surface area contributed by atoms with Crippen molar-refractivity contribution in [3.8, 4) is 11.3 Å². The highest BCUT2D eigenvalue weighted by molar-refractivity contribution is 6.31. The Kier molecular flexibility index (Phi) is 3.34. The molecule has 2 rings (SSSR count). The molecule has 0 amide bonds. The Morgan fingerprint density at radius 2 is 2.28 bits per heavy atom. The van der Waals surface area contributed by atoms with Crippen LogP contribution < -0.4 is 0 Å². The average molecular weight is 270 g/mol. The van der Waals surface area contributed by atoms with Gasteiger partial charge in [0.05, 0.1) is 0 Å². The lowest BCUT2D eigenvalue weighted by atomic mass is 10.0. The highest BCUT2D eigenvalue weighted by atomic mass is 35.5. The Balaban J connectivity index is 2.56. The van der Waals surface area contributed by atoms with Crippen LogP contribution in [0.1, 0.15) is 29.2 Å². The Labute approximate surface area is 107 Å². The number of benzene rings is 1. The molecular weight excluding hydrogens is 261 g/mol. The number of carboxylic acid groups (broad SMARTS) is 1. The van der Waals surface area contributed by atoms with Gasteiger partial charge >= 0.3 is 5.97 Å². The topological polar surface area (TPSA) is 63.3 Å². The van der Waals surface area contributed by atoms with Gasteiger partial charge in [0.25, 0.3) is 0 Å². The summed E-state index contributed by atoms with van der Waals surface area (Å²) in [6.07, 6.45) is -1.29. The van der Waals surface area contributed by atoms with E-state index in [1.165, 1.54) is 13.0 Å². The number of alkyl halides is 1. The number of rotatable bonds is 3. The third-order valence-corrected chi connectivity index (χ3v) is 2.78. The van der Waals surface area contributed by atoms with E-state index in [1.807, 2.05) is 0 Å². The van der Waals surface area contributed by atoms with E-state index in [0.717, 1.165) is 0 Å². The van der Waals surface area contributed by atoms with Crippen LogP contribution in [0.2, 0.25) is 5.02 Å². The smallest absolute Gasteiger partial charge is 0.374 e. The largest absolute Gasteiger partial charge is 0.475 e. The predicted molar refractivity (Wildman–Crippen MR) is 63.4 cm³/mol. The first-order valence-electron chi connectivity index (χ1n) is 5.13. The SMILES string of the molecule is CC(F)c1c(Cl)cccc1-c1cc(C(=O)O)on1. The highest BCUT2D eigenvalue weighted by Crippen LogP contribution is 2.34. The summed E-state index contributed by atoms with van der Waals surface area (Å²) in [6.45, 7) is 1.35. The molecule has 1 aromatic carbocycles. The molecule has 1 unspecified atom stereocenters. The molecule has 0 radical (unpaired) electrons. The van der Waals surface area contributed by atoms with Crippen LogP contribution in [0.3, 0.4) is 0 Å². The predicted octanol–water partition coefficient (Wildman–Crippen LogP) is 3.72. The molecule has 6 heteroatoms. The van der Waals surface area contributed by atoms with E-state index >= 15 is 0 Å². The van der Waals surface area contributed by atoms with Gasteiger partial charge in [-0.3, -0.25) is 0 Å². The zero-order valence-electron chi connectivity index (χ0n) is 9.35. The highest BCUT2D eigenvalue weighted by Gasteiger charge is 2.19. The Morgan fingerprint density at radius 3 is 2.83 bits per heavy atom. The molecule has 4 nitrogen and oxygen atoms in total. The van der Waals surface area contributed by atoms with Crippen LogP contribution in [-0.2, 0) is 0 Å². The summed E-state index contributed by atoms with van der Waals surface area (Å²) in [5.41, 5.74) is 0.938. The number of hydrogen-bond acceptors (Lipinski definition) is 3. The Bertz CT molecular complexity index is 595. The molecule has 0 saturated carbocycles. The van der Waals surface area contributed by atoms with Gasteiger partial charge in [0.1, 0.15) is 11.9 Å². The number of aromatic nitrogens is 1. The third-order valence-electron chi connectivity index (χ3n) is 2.45. The van der Waals surface area contributed by atoms with Crippen molar-refractivity contribution in [3.05, 3.63) is 40.6 Å². The van der Waals surface area contributed by atoms with Crippen LogP contribution in [0.4, 0.5) is 4.39 Å². The molecule has 1 N–H and O–H groups in total. The maximum atomic E-state index is 13.5. The molecule has 0 spiro atoms. The summed E-state index contributed by atoms with van der Waals surface area (Å²) in [4.78, 5) is 10.7. The zero-order valence-corrected chi connectivity index (χ0v) is 10.1. The first-order chi connectivity index (χ1) is 8.50. The summed E-state index contributed by atoms with van der Waals surface area (Å²) in [5, 5.41) is 12.6. The van der Waals surface area contributed by atoms with Crippen molar-refractivity contribution >= 4 is 17.6 Å². The van der Waals surface area contributed by atoms with E-state index < -0.39 is 12.1 Å². The zero-order chi connectivity index (χ0) is 13.3. The van der Waals surface area contributed by atoms with Gasteiger partial charge in [-0.15, -0.1) is 0 Å². The minimum absolute atomic E-state index is 0.245. The van der Waals surface area contributed by atoms with Crippen molar-refractivity contribution < 1.29 is 18.8 Å². The number of aromatic carboxylic acids is 1. The van der Waals surface area contributed by atoms with Crippen molar-refractivity contribution in [2.45, 2.75) is 13.1 Å². The first kappa shape index (κ1) is 12.6. The van der Waals surface area contributed by atoms with Gasteiger partial charge in [0.2, 0.25) is 5.76 Å². The fourth-order valence-corrected chi connectivity index (χ4v) is 1.99. The molecule has 0 aliphatic rings. The van der Waals surface area contributed by atoms with E-state index in [9.17, 15) is 9.18 Å². The fraction of sp³-hybridized carbons (Fsp3) is 0.167. The van der Waals surface area contributed by atoms with Crippen LogP contribution in [0.15, 0.2) is 28.8 Å². The maximum Gasteiger partial charge on any atom is 0.374 e. The van der Waals surface area contributed by atoms with E-state index in [2.05, 4.69) is 9.68 Å². The third kappa shape index (κ3) is 2.22. The minimum atomic E-state index is -1.29. The summed E-state index contributed by atoms with van der Waals surface area (Å²) < 4.78 is 18.2. The summed E-state index contributed by atoms with van der Waals surface area (Å²) in [7, 11) is 0. The summed E-state index contributed by atoms with van der Waals surface area (Å²) >= 11 is 5.93. The molecule has 1 heterocycles. The fourth-order valence-electron chi connectivity index (χ4n) is 1.67. The van der Waals surface area contributed by atoms with Crippen molar-refractivity contribution in [1.82, 2.24) is 5.16 Å². The van der Waals surface area contributed by atoms with Crippen LogP contribution >= 0.6 is 11.6 Å². The molecular formula is C12H9ClFNO3. The monoisotopic (exact) mass is 269 g/mol. The first-order valence-corrected chi connectivity index (χ1v) is 5.51. The molecule has 1 aromatic heterocycles.